The van der Waals surface area contributed by atoms with Crippen LogP contribution in [-0.2, 0) is 0 Å². The van der Waals surface area contributed by atoms with Crippen molar-refractivity contribution in [1.82, 2.24) is 4.98 Å². The zero-order valence-electron chi connectivity index (χ0n) is 9.84. The van der Waals surface area contributed by atoms with Gasteiger partial charge in [-0.2, -0.15) is 0 Å². The number of aliphatic hydroxyl groups excluding tert-OH is 1. The van der Waals surface area contributed by atoms with E-state index < -0.39 is 5.91 Å². The first-order valence-electron chi connectivity index (χ1n) is 5.71. The molecule has 3 N–H and O–H groups in total. The number of aromatic nitrogens is 1. The molecule has 0 atom stereocenters. The molecule has 2 rings (SSSR count). The molecule has 5 nitrogen and oxygen atoms in total. The Morgan fingerprint density at radius 1 is 1.65 bits per heavy atom. The lowest BCUT2D eigenvalue weighted by Gasteiger charge is -2.35. The third-order valence-corrected chi connectivity index (χ3v) is 3.18. The maximum absolute atomic E-state index is 11.0. The molecule has 0 aliphatic heterocycles. The average Bonchev–Trinajstić information content (AvgIpc) is 2.27. The normalized spacial score (nSPS) is 22.9. The molecule has 1 aromatic heterocycles. The Kier molecular flexibility index (Phi) is 3.28. The summed E-state index contributed by atoms with van der Waals surface area (Å²) in [6.07, 6.45) is 3.17. The molecule has 1 aromatic rings. The van der Waals surface area contributed by atoms with Gasteiger partial charge in [-0.05, 0) is 30.9 Å². The van der Waals surface area contributed by atoms with E-state index >= 15 is 0 Å². The van der Waals surface area contributed by atoms with Crippen LogP contribution in [0.4, 0.5) is 5.69 Å². The van der Waals surface area contributed by atoms with Gasteiger partial charge in [-0.3, -0.25) is 9.78 Å². The number of carbonyl (C=O) groups excluding carboxylic acids is 1. The summed E-state index contributed by atoms with van der Waals surface area (Å²) >= 11 is 0. The quantitative estimate of drug-likeness (QED) is 0.791. The standard InChI is InChI=1S/C12H17N3O2/c1-15(7-8-4-10(16)5-8)9-2-3-14-11(6-9)12(13)17/h2-3,6,8,10,16H,4-5,7H2,1H3,(H2,13,17). The molecule has 0 spiro atoms. The van der Waals surface area contributed by atoms with Crippen LogP contribution in [0.25, 0.3) is 0 Å². The van der Waals surface area contributed by atoms with Gasteiger partial charge in [0.1, 0.15) is 5.69 Å². The molecule has 0 unspecified atom stereocenters. The average molecular weight is 235 g/mol. The van der Waals surface area contributed by atoms with E-state index in [9.17, 15) is 9.90 Å². The molecule has 0 saturated heterocycles. The van der Waals surface area contributed by atoms with Crippen molar-refractivity contribution in [2.24, 2.45) is 11.7 Å². The summed E-state index contributed by atoms with van der Waals surface area (Å²) in [5.74, 6) is 0.0134. The van der Waals surface area contributed by atoms with Crippen LogP contribution < -0.4 is 10.6 Å². The molecule has 1 saturated carbocycles. The van der Waals surface area contributed by atoms with E-state index in [2.05, 4.69) is 9.88 Å². The summed E-state index contributed by atoms with van der Waals surface area (Å²) in [4.78, 5) is 17.0. The van der Waals surface area contributed by atoms with Crippen LogP contribution in [0.1, 0.15) is 23.3 Å². The molecule has 92 valence electrons. The van der Waals surface area contributed by atoms with Crippen molar-refractivity contribution in [3.8, 4) is 0 Å². The number of aliphatic hydroxyl groups is 1. The van der Waals surface area contributed by atoms with E-state index in [4.69, 9.17) is 5.73 Å². The third kappa shape index (κ3) is 2.74. The first-order chi connectivity index (χ1) is 8.06. The number of anilines is 1. The first-order valence-corrected chi connectivity index (χ1v) is 5.71. The molecule has 1 amide bonds. The maximum Gasteiger partial charge on any atom is 0.267 e. The highest BCUT2D eigenvalue weighted by Crippen LogP contribution is 2.28. The number of nitrogens with two attached hydrogens (primary N) is 1. The van der Waals surface area contributed by atoms with Crippen LogP contribution in [-0.4, -0.2) is 35.7 Å². The molecule has 17 heavy (non-hydrogen) atoms. The van der Waals surface area contributed by atoms with Gasteiger partial charge in [-0.15, -0.1) is 0 Å². The predicted octanol–water partition coefficient (Wildman–Crippen LogP) is 0.388. The Morgan fingerprint density at radius 2 is 2.35 bits per heavy atom. The minimum Gasteiger partial charge on any atom is -0.393 e. The SMILES string of the molecule is CN(CC1CC(O)C1)c1ccnc(C(N)=O)c1. The zero-order chi connectivity index (χ0) is 12.4. The molecule has 0 radical (unpaired) electrons. The van der Waals surface area contributed by atoms with E-state index in [1.54, 1.807) is 12.3 Å². The fraction of sp³-hybridized carbons (Fsp3) is 0.500. The number of hydrogen-bond donors (Lipinski definition) is 2. The van der Waals surface area contributed by atoms with Gasteiger partial charge >= 0.3 is 0 Å². The number of pyridine rings is 1. The lowest BCUT2D eigenvalue weighted by molar-refractivity contribution is 0.0465. The Balaban J connectivity index is 2.00. The Labute approximate surface area is 100 Å². The molecule has 1 aliphatic rings. The second kappa shape index (κ2) is 4.71. The van der Waals surface area contributed by atoms with Crippen LogP contribution in [0.2, 0.25) is 0 Å². The van der Waals surface area contributed by atoms with Crippen molar-refractivity contribution < 1.29 is 9.90 Å². The summed E-state index contributed by atoms with van der Waals surface area (Å²) in [6.45, 7) is 0.874. The topological polar surface area (TPSA) is 79.4 Å². The fourth-order valence-corrected chi connectivity index (χ4v) is 2.13. The number of primary amides is 1. The van der Waals surface area contributed by atoms with E-state index in [-0.39, 0.29) is 11.8 Å². The molecule has 1 aliphatic carbocycles. The number of rotatable bonds is 4. The second-order valence-corrected chi connectivity index (χ2v) is 4.64. The Morgan fingerprint density at radius 3 is 2.94 bits per heavy atom. The monoisotopic (exact) mass is 235 g/mol. The highest BCUT2D eigenvalue weighted by molar-refractivity contribution is 5.91. The van der Waals surface area contributed by atoms with Crippen LogP contribution in [0.15, 0.2) is 18.3 Å². The molecule has 0 bridgehead atoms. The minimum atomic E-state index is -0.515. The smallest absolute Gasteiger partial charge is 0.267 e. The lowest BCUT2D eigenvalue weighted by atomic mass is 9.82. The van der Waals surface area contributed by atoms with Crippen LogP contribution >= 0.6 is 0 Å². The summed E-state index contributed by atoms with van der Waals surface area (Å²) < 4.78 is 0. The van der Waals surface area contributed by atoms with Gasteiger partial charge in [0.2, 0.25) is 0 Å². The van der Waals surface area contributed by atoms with Crippen molar-refractivity contribution in [3.63, 3.8) is 0 Å². The highest BCUT2D eigenvalue weighted by Gasteiger charge is 2.28. The molecule has 0 aromatic carbocycles. The van der Waals surface area contributed by atoms with Crippen LogP contribution in [0.3, 0.4) is 0 Å². The van der Waals surface area contributed by atoms with Crippen molar-refractivity contribution in [2.75, 3.05) is 18.5 Å². The number of amides is 1. The number of carbonyl (C=O) groups is 1. The van der Waals surface area contributed by atoms with E-state index in [0.717, 1.165) is 25.1 Å². The van der Waals surface area contributed by atoms with Gasteiger partial charge in [0.15, 0.2) is 0 Å². The van der Waals surface area contributed by atoms with Gasteiger partial charge in [-0.1, -0.05) is 0 Å². The second-order valence-electron chi connectivity index (χ2n) is 4.64. The van der Waals surface area contributed by atoms with Crippen LogP contribution in [0, 0.1) is 5.92 Å². The Bertz CT molecular complexity index is 416. The molecule has 5 heteroatoms. The van der Waals surface area contributed by atoms with Crippen molar-refractivity contribution in [1.29, 1.82) is 0 Å². The van der Waals surface area contributed by atoms with Gasteiger partial charge in [0.05, 0.1) is 6.10 Å². The molecule has 1 fully saturated rings. The van der Waals surface area contributed by atoms with E-state index in [1.807, 2.05) is 13.1 Å². The van der Waals surface area contributed by atoms with Gasteiger partial charge in [0.25, 0.3) is 5.91 Å². The summed E-state index contributed by atoms with van der Waals surface area (Å²) in [6, 6.07) is 3.54. The maximum atomic E-state index is 11.0. The largest absolute Gasteiger partial charge is 0.393 e. The third-order valence-electron chi connectivity index (χ3n) is 3.18. The highest BCUT2D eigenvalue weighted by atomic mass is 16.3. The Hall–Kier alpha value is -1.62. The first kappa shape index (κ1) is 11.9. The fourth-order valence-electron chi connectivity index (χ4n) is 2.13. The summed E-state index contributed by atoms with van der Waals surface area (Å²) in [5.41, 5.74) is 6.39. The van der Waals surface area contributed by atoms with Crippen molar-refractivity contribution >= 4 is 11.6 Å². The van der Waals surface area contributed by atoms with E-state index in [1.165, 1.54) is 0 Å². The number of nitrogens with zero attached hydrogens (tertiary/aromatic N) is 2. The van der Waals surface area contributed by atoms with Gasteiger partial charge in [0, 0.05) is 25.5 Å². The predicted molar refractivity (Wildman–Crippen MR) is 64.8 cm³/mol. The summed E-state index contributed by atoms with van der Waals surface area (Å²) in [7, 11) is 1.96. The van der Waals surface area contributed by atoms with Crippen molar-refractivity contribution in [2.45, 2.75) is 18.9 Å². The van der Waals surface area contributed by atoms with Crippen LogP contribution in [0.5, 0.6) is 0 Å². The van der Waals surface area contributed by atoms with Gasteiger partial charge in [-0.25, -0.2) is 0 Å². The lowest BCUT2D eigenvalue weighted by Crippen LogP contribution is -2.37. The minimum absolute atomic E-state index is 0.132. The summed E-state index contributed by atoms with van der Waals surface area (Å²) in [5, 5.41) is 9.23. The molecular weight excluding hydrogens is 218 g/mol. The molecule has 1 heterocycles. The van der Waals surface area contributed by atoms with Crippen molar-refractivity contribution in [3.05, 3.63) is 24.0 Å². The number of hydrogen-bond acceptors (Lipinski definition) is 4. The zero-order valence-corrected chi connectivity index (χ0v) is 9.84. The molecular formula is C12H17N3O2. The van der Waals surface area contributed by atoms with E-state index in [0.29, 0.717) is 5.92 Å². The van der Waals surface area contributed by atoms with Gasteiger partial charge < -0.3 is 15.7 Å².